The molecular formula is C12H15ClF3N3O2. The predicted octanol–water partition coefficient (Wildman–Crippen LogP) is 2.30. The summed E-state index contributed by atoms with van der Waals surface area (Å²) < 4.78 is 42.4. The second kappa shape index (κ2) is 6.65. The van der Waals surface area contributed by atoms with Gasteiger partial charge in [-0.25, -0.2) is 4.68 Å². The van der Waals surface area contributed by atoms with Gasteiger partial charge in [-0.2, -0.15) is 18.3 Å². The Hall–Kier alpha value is -1.28. The van der Waals surface area contributed by atoms with Gasteiger partial charge < -0.3 is 10.1 Å². The molecule has 0 radical (unpaired) electrons. The van der Waals surface area contributed by atoms with Gasteiger partial charge in [-0.3, -0.25) is 4.79 Å². The van der Waals surface area contributed by atoms with Gasteiger partial charge in [0.15, 0.2) is 0 Å². The molecule has 1 fully saturated rings. The Morgan fingerprint density at radius 3 is 2.71 bits per heavy atom. The Kier molecular flexibility index (Phi) is 5.10. The van der Waals surface area contributed by atoms with E-state index in [1.54, 1.807) is 0 Å². The van der Waals surface area contributed by atoms with Crippen molar-refractivity contribution in [3.63, 3.8) is 0 Å². The first-order chi connectivity index (χ1) is 9.87. The maximum absolute atomic E-state index is 12.3. The second-order valence-electron chi connectivity index (χ2n) is 4.89. The van der Waals surface area contributed by atoms with E-state index < -0.39 is 18.3 Å². The Bertz CT molecular complexity index is 542. The van der Waals surface area contributed by atoms with Crippen LogP contribution in [0.5, 0.6) is 0 Å². The molecule has 0 spiro atoms. The normalized spacial score (nSPS) is 17.0. The van der Waals surface area contributed by atoms with Crippen LogP contribution >= 0.6 is 11.6 Å². The largest absolute Gasteiger partial charge is 0.408 e. The number of nitrogens with zero attached hydrogens (tertiary/aromatic N) is 2. The number of aromatic nitrogens is 2. The summed E-state index contributed by atoms with van der Waals surface area (Å²) in [5.41, 5.74) is -0.697. The minimum Gasteiger partial charge on any atom is -0.382 e. The molecule has 2 heterocycles. The van der Waals surface area contributed by atoms with Gasteiger partial charge in [-0.1, -0.05) is 11.6 Å². The number of hydrogen-bond acceptors (Lipinski definition) is 4. The van der Waals surface area contributed by atoms with Gasteiger partial charge in [-0.15, -0.1) is 0 Å². The molecule has 0 unspecified atom stereocenters. The predicted molar refractivity (Wildman–Crippen MR) is 71.6 cm³/mol. The highest BCUT2D eigenvalue weighted by Crippen LogP contribution is 2.21. The summed E-state index contributed by atoms with van der Waals surface area (Å²) >= 11 is 5.82. The van der Waals surface area contributed by atoms with E-state index in [1.807, 2.05) is 0 Å². The third-order valence-corrected chi connectivity index (χ3v) is 3.60. The van der Waals surface area contributed by atoms with Crippen LogP contribution in [0.25, 0.3) is 0 Å². The number of anilines is 1. The van der Waals surface area contributed by atoms with Crippen LogP contribution in [-0.4, -0.2) is 35.7 Å². The number of rotatable bonds is 4. The van der Waals surface area contributed by atoms with Crippen LogP contribution in [0.3, 0.4) is 0 Å². The van der Waals surface area contributed by atoms with E-state index in [0.717, 1.165) is 19.0 Å². The molecule has 1 saturated heterocycles. The number of halogens is 4. The molecule has 0 bridgehead atoms. The molecule has 1 N–H and O–H groups in total. The first kappa shape index (κ1) is 16.1. The van der Waals surface area contributed by atoms with Crippen LogP contribution in [0.4, 0.5) is 18.9 Å². The van der Waals surface area contributed by atoms with Crippen molar-refractivity contribution in [1.82, 2.24) is 9.78 Å². The zero-order valence-electron chi connectivity index (χ0n) is 11.1. The lowest BCUT2D eigenvalue weighted by Gasteiger charge is -2.22. The molecule has 1 aromatic rings. The molecule has 0 amide bonds. The summed E-state index contributed by atoms with van der Waals surface area (Å²) in [5, 5.41) is 6.19. The molecule has 5 nitrogen and oxygen atoms in total. The summed E-state index contributed by atoms with van der Waals surface area (Å²) in [4.78, 5) is 11.7. The van der Waals surface area contributed by atoms with Gasteiger partial charge in [0.05, 0.1) is 11.9 Å². The molecule has 1 aliphatic heterocycles. The third-order valence-electron chi connectivity index (χ3n) is 3.24. The van der Waals surface area contributed by atoms with Crippen molar-refractivity contribution in [2.75, 3.05) is 25.1 Å². The first-order valence-corrected chi connectivity index (χ1v) is 6.88. The minimum absolute atomic E-state index is 0.256. The zero-order valence-corrected chi connectivity index (χ0v) is 11.9. The van der Waals surface area contributed by atoms with Gasteiger partial charge in [0.2, 0.25) is 0 Å². The molecule has 118 valence electrons. The van der Waals surface area contributed by atoms with Gasteiger partial charge in [0.1, 0.15) is 11.6 Å². The van der Waals surface area contributed by atoms with E-state index in [4.69, 9.17) is 16.3 Å². The molecule has 2 rings (SSSR count). The summed E-state index contributed by atoms with van der Waals surface area (Å²) in [6, 6.07) is 0. The SMILES string of the molecule is O=c1c(Cl)c(NCC2CCOCC2)cnn1CC(F)(F)F. The highest BCUT2D eigenvalue weighted by molar-refractivity contribution is 6.32. The van der Waals surface area contributed by atoms with Crippen molar-refractivity contribution in [2.45, 2.75) is 25.6 Å². The monoisotopic (exact) mass is 325 g/mol. The average Bonchev–Trinajstić information content (AvgIpc) is 2.43. The summed E-state index contributed by atoms with van der Waals surface area (Å²) in [6.45, 7) is 0.496. The number of nitrogens with one attached hydrogen (secondary N) is 1. The van der Waals surface area contributed by atoms with Crippen LogP contribution in [0, 0.1) is 5.92 Å². The average molecular weight is 326 g/mol. The Morgan fingerprint density at radius 1 is 1.43 bits per heavy atom. The quantitative estimate of drug-likeness (QED) is 0.923. The maximum atomic E-state index is 12.3. The van der Waals surface area contributed by atoms with Gasteiger partial charge >= 0.3 is 6.18 Å². The highest BCUT2D eigenvalue weighted by Gasteiger charge is 2.29. The molecule has 1 aliphatic rings. The van der Waals surface area contributed by atoms with Crippen LogP contribution < -0.4 is 10.9 Å². The Labute approximate surface area is 124 Å². The number of alkyl halides is 3. The molecule has 0 aliphatic carbocycles. The molecule has 0 aromatic carbocycles. The topological polar surface area (TPSA) is 56.1 Å². The lowest BCUT2D eigenvalue weighted by atomic mass is 10.0. The lowest BCUT2D eigenvalue weighted by Crippen LogP contribution is -2.31. The second-order valence-corrected chi connectivity index (χ2v) is 5.26. The van der Waals surface area contributed by atoms with Crippen LogP contribution in [0.15, 0.2) is 11.0 Å². The Balaban J connectivity index is 2.04. The fourth-order valence-electron chi connectivity index (χ4n) is 2.08. The van der Waals surface area contributed by atoms with E-state index in [9.17, 15) is 18.0 Å². The molecule has 21 heavy (non-hydrogen) atoms. The standard InChI is InChI=1S/C12H15ClF3N3O2/c13-10-9(17-5-8-1-3-21-4-2-8)6-18-19(11(10)20)7-12(14,15)16/h6,8,17H,1-5,7H2. The van der Waals surface area contributed by atoms with Crippen molar-refractivity contribution in [2.24, 2.45) is 5.92 Å². The van der Waals surface area contributed by atoms with Crippen molar-refractivity contribution >= 4 is 17.3 Å². The van der Waals surface area contributed by atoms with Crippen LogP contribution in [0.1, 0.15) is 12.8 Å². The van der Waals surface area contributed by atoms with Crippen molar-refractivity contribution in [3.8, 4) is 0 Å². The van der Waals surface area contributed by atoms with Gasteiger partial charge in [0, 0.05) is 19.8 Å². The van der Waals surface area contributed by atoms with Crippen LogP contribution in [0.2, 0.25) is 5.02 Å². The van der Waals surface area contributed by atoms with E-state index in [0.29, 0.717) is 30.4 Å². The van der Waals surface area contributed by atoms with Crippen molar-refractivity contribution in [1.29, 1.82) is 0 Å². The minimum atomic E-state index is -4.52. The molecule has 1 aromatic heterocycles. The number of ether oxygens (including phenoxy) is 1. The molecule has 0 saturated carbocycles. The fraction of sp³-hybridized carbons (Fsp3) is 0.667. The van der Waals surface area contributed by atoms with Crippen molar-refractivity contribution < 1.29 is 17.9 Å². The maximum Gasteiger partial charge on any atom is 0.408 e. The van der Waals surface area contributed by atoms with Gasteiger partial charge in [-0.05, 0) is 18.8 Å². The first-order valence-electron chi connectivity index (χ1n) is 6.51. The lowest BCUT2D eigenvalue weighted by molar-refractivity contribution is -0.143. The van der Waals surface area contributed by atoms with Crippen molar-refractivity contribution in [3.05, 3.63) is 21.6 Å². The molecule has 9 heteroatoms. The summed E-state index contributed by atoms with van der Waals surface area (Å²) in [5.74, 6) is 0.382. The number of hydrogen-bond donors (Lipinski definition) is 1. The van der Waals surface area contributed by atoms with Crippen LogP contribution in [-0.2, 0) is 11.3 Å². The highest BCUT2D eigenvalue weighted by atomic mass is 35.5. The fourth-order valence-corrected chi connectivity index (χ4v) is 2.29. The Morgan fingerprint density at radius 2 is 2.10 bits per heavy atom. The zero-order chi connectivity index (χ0) is 15.5. The molecular weight excluding hydrogens is 311 g/mol. The smallest absolute Gasteiger partial charge is 0.382 e. The van der Waals surface area contributed by atoms with E-state index in [-0.39, 0.29) is 10.7 Å². The van der Waals surface area contributed by atoms with Gasteiger partial charge in [0.25, 0.3) is 5.56 Å². The van der Waals surface area contributed by atoms with E-state index >= 15 is 0 Å². The summed E-state index contributed by atoms with van der Waals surface area (Å²) in [6.07, 6.45) is -1.58. The summed E-state index contributed by atoms with van der Waals surface area (Å²) in [7, 11) is 0. The molecule has 0 atom stereocenters. The van der Waals surface area contributed by atoms with E-state index in [2.05, 4.69) is 10.4 Å². The van der Waals surface area contributed by atoms with E-state index in [1.165, 1.54) is 0 Å². The third kappa shape index (κ3) is 4.60.